The average molecular weight is 407 g/mol. The molecular formula is C21H24F3N3O2. The van der Waals surface area contributed by atoms with Crippen molar-refractivity contribution in [3.8, 4) is 11.4 Å². The summed E-state index contributed by atoms with van der Waals surface area (Å²) in [6, 6.07) is 2.53. The zero-order valence-corrected chi connectivity index (χ0v) is 16.4. The maximum atomic E-state index is 14.5. The summed E-state index contributed by atoms with van der Waals surface area (Å²) in [4.78, 5) is 21.1. The fraction of sp³-hybridized carbons (Fsp3) is 0.381. The van der Waals surface area contributed by atoms with Crippen LogP contribution in [0.1, 0.15) is 53.8 Å². The Hall–Kier alpha value is -2.74. The molecule has 29 heavy (non-hydrogen) atoms. The maximum Gasteiger partial charge on any atom is 0.268 e. The number of aromatic nitrogens is 2. The molecule has 1 unspecified atom stereocenters. The number of aliphatic hydroxyl groups is 1. The molecule has 0 aliphatic heterocycles. The highest BCUT2D eigenvalue weighted by atomic mass is 19.3. The molecule has 0 saturated heterocycles. The third-order valence-electron chi connectivity index (χ3n) is 4.42. The molecule has 1 N–H and O–H groups in total. The van der Waals surface area contributed by atoms with Crippen LogP contribution in [0.25, 0.3) is 17.5 Å². The molecule has 0 bridgehead atoms. The predicted octanol–water partition coefficient (Wildman–Crippen LogP) is 4.49. The van der Waals surface area contributed by atoms with E-state index in [1.54, 1.807) is 6.08 Å². The molecule has 1 heterocycles. The van der Waals surface area contributed by atoms with Crippen molar-refractivity contribution in [2.75, 3.05) is 13.6 Å². The number of aliphatic hydroxyl groups excluding tert-OH is 1. The van der Waals surface area contributed by atoms with Gasteiger partial charge in [0.05, 0.1) is 5.56 Å². The first-order valence-electron chi connectivity index (χ1n) is 9.33. The number of carbonyl (C=O) groups excluding carboxylic acids is 1. The van der Waals surface area contributed by atoms with Crippen molar-refractivity contribution in [2.45, 2.75) is 38.7 Å². The minimum Gasteiger partial charge on any atom is -0.382 e. The Balaban J connectivity index is 2.29. The lowest BCUT2D eigenvalue weighted by molar-refractivity contribution is -0.00615. The number of alkyl halides is 2. The van der Waals surface area contributed by atoms with Gasteiger partial charge in [-0.15, -0.1) is 0 Å². The van der Waals surface area contributed by atoms with E-state index in [9.17, 15) is 23.1 Å². The number of nitrogens with zero attached hydrogens (tertiary/aromatic N) is 3. The van der Waals surface area contributed by atoms with Crippen LogP contribution in [0, 0.1) is 5.82 Å². The van der Waals surface area contributed by atoms with Gasteiger partial charge in [-0.2, -0.15) is 0 Å². The minimum absolute atomic E-state index is 0.0296. The van der Waals surface area contributed by atoms with Gasteiger partial charge in [-0.3, -0.25) is 4.79 Å². The lowest BCUT2D eigenvalue weighted by atomic mass is 10.0. The topological polar surface area (TPSA) is 66.3 Å². The van der Waals surface area contributed by atoms with Crippen molar-refractivity contribution in [1.82, 2.24) is 14.9 Å². The predicted molar refractivity (Wildman–Crippen MR) is 105 cm³/mol. The van der Waals surface area contributed by atoms with Gasteiger partial charge < -0.3 is 10.0 Å². The molecule has 156 valence electrons. The fourth-order valence-electron chi connectivity index (χ4n) is 2.69. The van der Waals surface area contributed by atoms with Crippen molar-refractivity contribution < 1.29 is 23.1 Å². The lowest BCUT2D eigenvalue weighted by Crippen LogP contribution is -2.11. The smallest absolute Gasteiger partial charge is 0.268 e. The van der Waals surface area contributed by atoms with E-state index in [1.165, 1.54) is 6.07 Å². The Morgan fingerprint density at radius 1 is 1.17 bits per heavy atom. The molecule has 1 aromatic carbocycles. The highest BCUT2D eigenvalue weighted by molar-refractivity contribution is 5.84. The normalized spacial score (nSPS) is 12.5. The molecule has 1 atom stereocenters. The number of hydrogen-bond donors (Lipinski definition) is 1. The second kappa shape index (κ2) is 10.7. The molecule has 2 rings (SSSR count). The summed E-state index contributed by atoms with van der Waals surface area (Å²) in [5.41, 5.74) is 0.526. The monoisotopic (exact) mass is 407 g/mol. The van der Waals surface area contributed by atoms with E-state index in [2.05, 4.69) is 16.9 Å². The van der Waals surface area contributed by atoms with Crippen molar-refractivity contribution in [1.29, 1.82) is 0 Å². The van der Waals surface area contributed by atoms with Crippen LogP contribution < -0.4 is 0 Å². The molecule has 2 aromatic rings. The van der Waals surface area contributed by atoms with Crippen LogP contribution in [-0.4, -0.2) is 46.3 Å². The average Bonchev–Trinajstić information content (AvgIpc) is 2.72. The summed E-state index contributed by atoms with van der Waals surface area (Å²) in [7, 11) is 1.91. The van der Waals surface area contributed by atoms with E-state index in [0.717, 1.165) is 44.3 Å². The van der Waals surface area contributed by atoms with Gasteiger partial charge in [-0.1, -0.05) is 19.8 Å². The Kier molecular flexibility index (Phi) is 8.33. The van der Waals surface area contributed by atoms with Gasteiger partial charge in [0, 0.05) is 37.1 Å². The van der Waals surface area contributed by atoms with E-state index >= 15 is 0 Å². The Bertz CT molecular complexity index is 842. The Labute approximate surface area is 167 Å². The van der Waals surface area contributed by atoms with Crippen molar-refractivity contribution >= 4 is 12.4 Å². The number of halogens is 3. The van der Waals surface area contributed by atoms with Crippen molar-refractivity contribution in [3.63, 3.8) is 0 Å². The number of rotatable bonds is 10. The van der Waals surface area contributed by atoms with Gasteiger partial charge in [0.15, 0.2) is 12.1 Å². The van der Waals surface area contributed by atoms with Gasteiger partial charge in [0.1, 0.15) is 11.9 Å². The van der Waals surface area contributed by atoms with E-state index in [4.69, 9.17) is 0 Å². The lowest BCUT2D eigenvalue weighted by Gasteiger charge is -2.14. The van der Waals surface area contributed by atoms with Crippen molar-refractivity contribution in [2.24, 2.45) is 0 Å². The summed E-state index contributed by atoms with van der Waals surface area (Å²) < 4.78 is 39.6. The Morgan fingerprint density at radius 3 is 2.45 bits per heavy atom. The van der Waals surface area contributed by atoms with Crippen LogP contribution >= 0.6 is 0 Å². The molecule has 5 nitrogen and oxygen atoms in total. The van der Waals surface area contributed by atoms with Crippen LogP contribution in [0.5, 0.6) is 0 Å². The molecule has 0 fully saturated rings. The molecular weight excluding hydrogens is 383 g/mol. The first-order valence-corrected chi connectivity index (χ1v) is 9.33. The highest BCUT2D eigenvalue weighted by Gasteiger charge is 2.20. The second-order valence-electron chi connectivity index (χ2n) is 6.70. The SMILES string of the molecule is CCCCCN(C)/C=C\c1cc(-c2ncc(C(O)C(F)F)cn2)c(F)cc1C=O. The first-order chi connectivity index (χ1) is 13.9. The van der Waals surface area contributed by atoms with E-state index in [1.807, 2.05) is 18.1 Å². The van der Waals surface area contributed by atoms with Crippen molar-refractivity contribution in [3.05, 3.63) is 53.2 Å². The number of hydrogen-bond acceptors (Lipinski definition) is 5. The van der Waals surface area contributed by atoms with Crippen LogP contribution in [0.3, 0.4) is 0 Å². The summed E-state index contributed by atoms with van der Waals surface area (Å²) in [6.07, 6.45) is 4.42. The third-order valence-corrected chi connectivity index (χ3v) is 4.42. The number of unbranched alkanes of at least 4 members (excludes halogenated alkanes) is 2. The van der Waals surface area contributed by atoms with Crippen LogP contribution in [0.2, 0.25) is 0 Å². The molecule has 0 amide bonds. The molecule has 0 spiro atoms. The third kappa shape index (κ3) is 6.12. The minimum atomic E-state index is -2.97. The van der Waals surface area contributed by atoms with Gasteiger partial charge in [0.2, 0.25) is 0 Å². The van der Waals surface area contributed by atoms with Gasteiger partial charge in [-0.25, -0.2) is 23.1 Å². The summed E-state index contributed by atoms with van der Waals surface area (Å²) >= 11 is 0. The quantitative estimate of drug-likeness (QED) is 0.464. The zero-order valence-electron chi connectivity index (χ0n) is 16.4. The summed E-state index contributed by atoms with van der Waals surface area (Å²) in [5.74, 6) is -0.737. The summed E-state index contributed by atoms with van der Waals surface area (Å²) in [5, 5.41) is 9.37. The molecule has 1 aromatic heterocycles. The maximum absolute atomic E-state index is 14.5. The van der Waals surface area contributed by atoms with Gasteiger partial charge >= 0.3 is 0 Å². The van der Waals surface area contributed by atoms with Gasteiger partial charge in [0.25, 0.3) is 6.43 Å². The molecule has 0 aliphatic carbocycles. The fourth-order valence-corrected chi connectivity index (χ4v) is 2.69. The molecule has 0 saturated carbocycles. The molecule has 0 radical (unpaired) electrons. The first kappa shape index (κ1) is 22.5. The van der Waals surface area contributed by atoms with Crippen LogP contribution in [-0.2, 0) is 0 Å². The van der Waals surface area contributed by atoms with Crippen LogP contribution in [0.4, 0.5) is 13.2 Å². The number of benzene rings is 1. The Morgan fingerprint density at radius 2 is 1.86 bits per heavy atom. The molecule has 8 heteroatoms. The number of carbonyl (C=O) groups is 1. The van der Waals surface area contributed by atoms with Gasteiger partial charge in [-0.05, 0) is 36.4 Å². The zero-order chi connectivity index (χ0) is 21.4. The van der Waals surface area contributed by atoms with Crippen LogP contribution in [0.15, 0.2) is 30.7 Å². The van der Waals surface area contributed by atoms with E-state index in [0.29, 0.717) is 11.8 Å². The van der Waals surface area contributed by atoms with E-state index in [-0.39, 0.29) is 22.5 Å². The largest absolute Gasteiger partial charge is 0.382 e. The molecule has 0 aliphatic rings. The number of aldehydes is 1. The second-order valence-corrected chi connectivity index (χ2v) is 6.70. The summed E-state index contributed by atoms with van der Waals surface area (Å²) in [6.45, 7) is 2.97. The van der Waals surface area contributed by atoms with E-state index < -0.39 is 18.3 Å². The standard InChI is InChI=1S/C21H24F3N3O2/c1-3-4-5-7-27(2)8-6-14-9-17(18(22)10-15(14)13-28)21-25-11-16(12-26-21)19(29)20(23)24/h6,8-13,19-20,29H,3-5,7H2,1-2H3/b8-6-. The highest BCUT2D eigenvalue weighted by Crippen LogP contribution is 2.25.